The first-order valence-corrected chi connectivity index (χ1v) is 9.64. The highest BCUT2D eigenvalue weighted by Gasteiger charge is 2.11. The molecule has 0 aliphatic heterocycles. The van der Waals surface area contributed by atoms with Crippen molar-refractivity contribution >= 4 is 24.8 Å². The Labute approximate surface area is 186 Å². The third kappa shape index (κ3) is 9.22. The molecular weight excluding hydrogens is 414 g/mol. The fraction of sp³-hybridized carbons (Fsp3) is 0.455. The second kappa shape index (κ2) is 15.3. The second-order valence-corrected chi connectivity index (χ2v) is 6.42. The van der Waals surface area contributed by atoms with Crippen molar-refractivity contribution in [3.05, 3.63) is 59.4 Å². The molecule has 0 saturated carbocycles. The number of methoxy groups -OCH3 is 1. The highest BCUT2D eigenvalue weighted by molar-refractivity contribution is 5.85. The molecule has 4 nitrogen and oxygen atoms in total. The van der Waals surface area contributed by atoms with Gasteiger partial charge in [0.25, 0.3) is 0 Å². The van der Waals surface area contributed by atoms with Crippen LogP contribution in [0.3, 0.4) is 0 Å². The van der Waals surface area contributed by atoms with Crippen LogP contribution in [0, 0.1) is 5.82 Å². The molecule has 0 bridgehead atoms. The van der Waals surface area contributed by atoms with Gasteiger partial charge in [-0.2, -0.15) is 0 Å². The van der Waals surface area contributed by atoms with Gasteiger partial charge in [0.1, 0.15) is 12.4 Å². The van der Waals surface area contributed by atoms with Gasteiger partial charge in [-0.1, -0.05) is 38.1 Å². The molecule has 0 radical (unpaired) electrons. The quantitative estimate of drug-likeness (QED) is 0.461. The first-order chi connectivity index (χ1) is 13.2. The molecule has 0 unspecified atom stereocenters. The molecule has 0 saturated heterocycles. The molecule has 0 heterocycles. The summed E-state index contributed by atoms with van der Waals surface area (Å²) in [5.41, 5.74) is 1.97. The monoisotopic (exact) mass is 446 g/mol. The van der Waals surface area contributed by atoms with Crippen molar-refractivity contribution in [2.24, 2.45) is 0 Å². The minimum absolute atomic E-state index is 0. The minimum atomic E-state index is -0.245. The van der Waals surface area contributed by atoms with Gasteiger partial charge >= 0.3 is 0 Å². The summed E-state index contributed by atoms with van der Waals surface area (Å²) in [6, 6.07) is 12.3. The maximum atomic E-state index is 13.1. The molecule has 2 rings (SSSR count). The smallest absolute Gasteiger partial charge is 0.166 e. The molecule has 0 fully saturated rings. The van der Waals surface area contributed by atoms with Crippen molar-refractivity contribution in [2.75, 3.05) is 33.3 Å². The first kappa shape index (κ1) is 27.5. The summed E-state index contributed by atoms with van der Waals surface area (Å²) in [6.07, 6.45) is 1.11. The first-order valence-electron chi connectivity index (χ1n) is 9.64. The van der Waals surface area contributed by atoms with Crippen molar-refractivity contribution in [3.63, 3.8) is 0 Å². The molecule has 1 N–H and O–H groups in total. The Morgan fingerprint density at radius 2 is 1.69 bits per heavy atom. The molecule has 0 spiro atoms. The number of rotatable bonds is 12. The van der Waals surface area contributed by atoms with E-state index in [1.807, 2.05) is 18.2 Å². The molecule has 0 aromatic heterocycles. The molecule has 7 heteroatoms. The molecule has 0 aliphatic rings. The number of para-hydroxylation sites is 1. The van der Waals surface area contributed by atoms with Crippen molar-refractivity contribution in [3.8, 4) is 11.5 Å². The Morgan fingerprint density at radius 3 is 2.31 bits per heavy atom. The van der Waals surface area contributed by atoms with Gasteiger partial charge in [-0.25, -0.2) is 4.39 Å². The van der Waals surface area contributed by atoms with Gasteiger partial charge in [-0.05, 0) is 56.4 Å². The van der Waals surface area contributed by atoms with Crippen LogP contribution in [-0.2, 0) is 13.2 Å². The predicted molar refractivity (Wildman–Crippen MR) is 122 cm³/mol. The average molecular weight is 447 g/mol. The summed E-state index contributed by atoms with van der Waals surface area (Å²) >= 11 is 0. The molecule has 2 aromatic rings. The van der Waals surface area contributed by atoms with Crippen LogP contribution in [0.15, 0.2) is 42.5 Å². The topological polar surface area (TPSA) is 33.7 Å². The molecular formula is C22H33Cl2FN2O2. The number of halogens is 3. The van der Waals surface area contributed by atoms with Crippen molar-refractivity contribution in [1.82, 2.24) is 10.2 Å². The van der Waals surface area contributed by atoms with Crippen LogP contribution in [0.1, 0.15) is 31.4 Å². The lowest BCUT2D eigenvalue weighted by molar-refractivity contribution is 0.280. The van der Waals surface area contributed by atoms with Crippen LogP contribution in [0.4, 0.5) is 4.39 Å². The molecule has 0 aliphatic carbocycles. The van der Waals surface area contributed by atoms with E-state index < -0.39 is 0 Å². The highest BCUT2D eigenvalue weighted by Crippen LogP contribution is 2.31. The third-order valence-electron chi connectivity index (χ3n) is 4.61. The third-order valence-corrected chi connectivity index (χ3v) is 4.61. The maximum absolute atomic E-state index is 13.1. The lowest BCUT2D eigenvalue weighted by Crippen LogP contribution is -2.27. The maximum Gasteiger partial charge on any atom is 0.166 e. The Bertz CT molecular complexity index is 683. The SMILES string of the molecule is CCN(CC)CCCNCc1cccc(OC)c1OCc1ccc(F)cc1.Cl.Cl. The number of ether oxygens (including phenoxy) is 2. The fourth-order valence-corrected chi connectivity index (χ4v) is 2.95. The fourth-order valence-electron chi connectivity index (χ4n) is 2.95. The van der Waals surface area contributed by atoms with Gasteiger partial charge in [0, 0.05) is 12.1 Å². The van der Waals surface area contributed by atoms with Gasteiger partial charge in [0.15, 0.2) is 11.5 Å². The lowest BCUT2D eigenvalue weighted by atomic mass is 10.1. The van der Waals surface area contributed by atoms with Gasteiger partial charge in [-0.15, -0.1) is 24.8 Å². The van der Waals surface area contributed by atoms with Crippen molar-refractivity contribution < 1.29 is 13.9 Å². The van der Waals surface area contributed by atoms with E-state index in [0.717, 1.165) is 49.5 Å². The van der Waals surface area contributed by atoms with E-state index in [4.69, 9.17) is 9.47 Å². The van der Waals surface area contributed by atoms with E-state index in [1.165, 1.54) is 12.1 Å². The van der Waals surface area contributed by atoms with E-state index >= 15 is 0 Å². The Balaban J connectivity index is 0.00000392. The Hall–Kier alpha value is -1.53. The van der Waals surface area contributed by atoms with Crippen LogP contribution >= 0.6 is 24.8 Å². The summed E-state index contributed by atoms with van der Waals surface area (Å²) in [7, 11) is 1.64. The van der Waals surface area contributed by atoms with E-state index in [0.29, 0.717) is 18.9 Å². The normalized spacial score (nSPS) is 10.2. The summed E-state index contributed by atoms with van der Waals surface area (Å²) in [4.78, 5) is 2.42. The second-order valence-electron chi connectivity index (χ2n) is 6.42. The predicted octanol–water partition coefficient (Wildman–Crippen LogP) is 5.08. The van der Waals surface area contributed by atoms with E-state index in [2.05, 4.69) is 24.1 Å². The number of hydrogen-bond donors (Lipinski definition) is 1. The summed E-state index contributed by atoms with van der Waals surface area (Å²) in [5.74, 6) is 1.20. The zero-order valence-electron chi connectivity index (χ0n) is 17.4. The zero-order valence-corrected chi connectivity index (χ0v) is 19.1. The summed E-state index contributed by atoms with van der Waals surface area (Å²) < 4.78 is 24.5. The van der Waals surface area contributed by atoms with E-state index in [1.54, 1.807) is 19.2 Å². The Morgan fingerprint density at radius 1 is 1.00 bits per heavy atom. The van der Waals surface area contributed by atoms with Crippen LogP contribution in [0.2, 0.25) is 0 Å². The highest BCUT2D eigenvalue weighted by atomic mass is 35.5. The van der Waals surface area contributed by atoms with Gasteiger partial charge in [0.05, 0.1) is 7.11 Å². The average Bonchev–Trinajstić information content (AvgIpc) is 2.70. The van der Waals surface area contributed by atoms with Gasteiger partial charge in [-0.3, -0.25) is 0 Å². The van der Waals surface area contributed by atoms with Crippen LogP contribution < -0.4 is 14.8 Å². The number of nitrogens with one attached hydrogen (secondary N) is 1. The number of hydrogen-bond acceptors (Lipinski definition) is 4. The van der Waals surface area contributed by atoms with Crippen LogP contribution in [0.5, 0.6) is 11.5 Å². The Kier molecular flexibility index (Phi) is 14.5. The number of benzene rings is 2. The minimum Gasteiger partial charge on any atom is -0.493 e. The molecule has 0 atom stereocenters. The number of nitrogens with zero attached hydrogens (tertiary/aromatic N) is 1. The lowest BCUT2D eigenvalue weighted by Gasteiger charge is -2.18. The molecule has 29 heavy (non-hydrogen) atoms. The van der Waals surface area contributed by atoms with Crippen LogP contribution in [0.25, 0.3) is 0 Å². The summed E-state index contributed by atoms with van der Waals surface area (Å²) in [6.45, 7) is 9.71. The van der Waals surface area contributed by atoms with Crippen molar-refractivity contribution in [2.45, 2.75) is 33.4 Å². The molecule has 0 amide bonds. The molecule has 164 valence electrons. The zero-order chi connectivity index (χ0) is 19.5. The van der Waals surface area contributed by atoms with E-state index in [9.17, 15) is 4.39 Å². The van der Waals surface area contributed by atoms with E-state index in [-0.39, 0.29) is 30.6 Å². The van der Waals surface area contributed by atoms with Gasteiger partial charge < -0.3 is 19.7 Å². The molecule has 2 aromatic carbocycles. The van der Waals surface area contributed by atoms with Gasteiger partial charge in [0.2, 0.25) is 0 Å². The standard InChI is InChI=1S/C22H31FN2O2.2ClH/c1-4-25(5-2)15-7-14-24-16-19-8-6-9-21(26-3)22(19)27-17-18-10-12-20(23)13-11-18;;/h6,8-13,24H,4-5,7,14-17H2,1-3H3;2*1H. The summed E-state index contributed by atoms with van der Waals surface area (Å²) in [5, 5.41) is 3.49. The van der Waals surface area contributed by atoms with Crippen LogP contribution in [-0.4, -0.2) is 38.2 Å². The largest absolute Gasteiger partial charge is 0.493 e. The van der Waals surface area contributed by atoms with Crippen molar-refractivity contribution in [1.29, 1.82) is 0 Å².